The third-order valence-corrected chi connectivity index (χ3v) is 4.05. The van der Waals surface area contributed by atoms with Gasteiger partial charge in [0.1, 0.15) is 6.04 Å². The molecule has 1 fully saturated rings. The molecule has 1 aliphatic carbocycles. The van der Waals surface area contributed by atoms with Gasteiger partial charge < -0.3 is 15.4 Å². The summed E-state index contributed by atoms with van der Waals surface area (Å²) in [6.07, 6.45) is 6.47. The molecule has 2 amide bonds. The summed E-state index contributed by atoms with van der Waals surface area (Å²) in [7, 11) is 0. The number of ether oxygens (including phenoxy) is 1. The zero-order chi connectivity index (χ0) is 16.7. The average molecular weight is 318 g/mol. The number of anilines is 1. The Balaban J connectivity index is 1.86. The van der Waals surface area contributed by atoms with Crippen molar-refractivity contribution in [2.24, 2.45) is 0 Å². The molecule has 0 aromatic heterocycles. The summed E-state index contributed by atoms with van der Waals surface area (Å²) in [5, 5.41) is 5.39. The molecule has 1 aromatic rings. The minimum atomic E-state index is -0.561. The number of benzene rings is 1. The molecule has 1 atom stereocenters. The molecule has 2 rings (SSSR count). The number of nitrogens with one attached hydrogen (secondary N) is 2. The zero-order valence-electron chi connectivity index (χ0n) is 13.9. The van der Waals surface area contributed by atoms with E-state index in [1.165, 1.54) is 26.2 Å². The van der Waals surface area contributed by atoms with Gasteiger partial charge in [-0.3, -0.25) is 9.59 Å². The first-order chi connectivity index (χ1) is 11.0. The molecule has 1 unspecified atom stereocenters. The Morgan fingerprint density at radius 1 is 1.26 bits per heavy atom. The van der Waals surface area contributed by atoms with Crippen LogP contribution in [0.5, 0.6) is 0 Å². The molecule has 0 saturated heterocycles. The molecule has 0 spiro atoms. The highest BCUT2D eigenvalue weighted by molar-refractivity contribution is 5.96. The molecule has 126 valence electrons. The van der Waals surface area contributed by atoms with Gasteiger partial charge in [-0.2, -0.15) is 0 Å². The molecular formula is C18H26N2O3. The molecule has 0 bridgehead atoms. The average Bonchev–Trinajstić information content (AvgIpc) is 2.53. The van der Waals surface area contributed by atoms with E-state index in [2.05, 4.69) is 10.6 Å². The number of carbonyl (C=O) groups is 2. The Morgan fingerprint density at radius 2 is 2.00 bits per heavy atom. The number of amides is 2. The van der Waals surface area contributed by atoms with Crippen molar-refractivity contribution in [3.63, 3.8) is 0 Å². The lowest BCUT2D eigenvalue weighted by atomic mass is 9.98. The summed E-state index contributed by atoms with van der Waals surface area (Å²) in [5.41, 5.74) is 1.76. The maximum absolute atomic E-state index is 12.0. The third kappa shape index (κ3) is 6.02. The van der Waals surface area contributed by atoms with E-state index in [1.54, 1.807) is 6.92 Å². The van der Waals surface area contributed by atoms with Crippen LogP contribution in [0.3, 0.4) is 0 Å². The van der Waals surface area contributed by atoms with Gasteiger partial charge in [0.05, 0.1) is 12.7 Å². The Hall–Kier alpha value is -1.88. The van der Waals surface area contributed by atoms with Crippen molar-refractivity contribution in [3.05, 3.63) is 29.8 Å². The zero-order valence-corrected chi connectivity index (χ0v) is 13.9. The summed E-state index contributed by atoms with van der Waals surface area (Å²) in [5.74, 6) is -0.451. The molecule has 1 aliphatic rings. The molecule has 23 heavy (non-hydrogen) atoms. The van der Waals surface area contributed by atoms with Crippen LogP contribution >= 0.6 is 0 Å². The van der Waals surface area contributed by atoms with Crippen molar-refractivity contribution in [1.29, 1.82) is 0 Å². The maximum Gasteiger partial charge on any atom is 0.246 e. The van der Waals surface area contributed by atoms with E-state index >= 15 is 0 Å². The highest BCUT2D eigenvalue weighted by atomic mass is 16.5. The fourth-order valence-corrected chi connectivity index (χ4v) is 2.81. The highest BCUT2D eigenvalue weighted by Gasteiger charge is 2.15. The van der Waals surface area contributed by atoms with Crippen LogP contribution in [0.25, 0.3) is 0 Å². The first kappa shape index (κ1) is 17.5. The van der Waals surface area contributed by atoms with Gasteiger partial charge in [0.2, 0.25) is 11.8 Å². The Kier molecular flexibility index (Phi) is 6.59. The summed E-state index contributed by atoms with van der Waals surface area (Å²) in [6, 6.07) is 7.09. The number of hydrogen-bond donors (Lipinski definition) is 2. The first-order valence-electron chi connectivity index (χ1n) is 8.33. The minimum absolute atomic E-state index is 0.220. The van der Waals surface area contributed by atoms with Crippen molar-refractivity contribution < 1.29 is 14.3 Å². The number of carbonyl (C=O) groups excluding carboxylic acids is 2. The van der Waals surface area contributed by atoms with Gasteiger partial charge in [0.15, 0.2) is 0 Å². The normalized spacial score (nSPS) is 16.6. The van der Waals surface area contributed by atoms with E-state index < -0.39 is 6.04 Å². The molecule has 2 N–H and O–H groups in total. The minimum Gasteiger partial charge on any atom is -0.374 e. The van der Waals surface area contributed by atoms with E-state index in [0.717, 1.165) is 24.1 Å². The highest BCUT2D eigenvalue weighted by Crippen LogP contribution is 2.22. The molecule has 1 aromatic carbocycles. The molecule has 0 aliphatic heterocycles. The largest absolute Gasteiger partial charge is 0.374 e. The van der Waals surface area contributed by atoms with E-state index in [0.29, 0.717) is 12.7 Å². The second-order valence-corrected chi connectivity index (χ2v) is 6.18. The first-order valence-corrected chi connectivity index (χ1v) is 8.33. The quantitative estimate of drug-likeness (QED) is 0.847. The van der Waals surface area contributed by atoms with Gasteiger partial charge >= 0.3 is 0 Å². The SMILES string of the molecule is CC(=O)NC(C)C(=O)Nc1cccc(COC2CCCCC2)c1. The topological polar surface area (TPSA) is 67.4 Å². The second-order valence-electron chi connectivity index (χ2n) is 6.18. The lowest BCUT2D eigenvalue weighted by molar-refractivity contribution is -0.124. The molecular weight excluding hydrogens is 292 g/mol. The molecule has 0 heterocycles. The van der Waals surface area contributed by atoms with E-state index in [1.807, 2.05) is 24.3 Å². The van der Waals surface area contributed by atoms with Crippen LogP contribution in [0.1, 0.15) is 51.5 Å². The molecule has 1 saturated carbocycles. The monoisotopic (exact) mass is 318 g/mol. The van der Waals surface area contributed by atoms with Crippen LogP contribution < -0.4 is 10.6 Å². The van der Waals surface area contributed by atoms with Gasteiger partial charge in [0.25, 0.3) is 0 Å². The lowest BCUT2D eigenvalue weighted by Crippen LogP contribution is -2.40. The fraction of sp³-hybridized carbons (Fsp3) is 0.556. The van der Waals surface area contributed by atoms with Crippen LogP contribution in [0.4, 0.5) is 5.69 Å². The number of rotatable bonds is 6. The van der Waals surface area contributed by atoms with Crippen LogP contribution in [0, 0.1) is 0 Å². The van der Waals surface area contributed by atoms with Gasteiger partial charge in [-0.25, -0.2) is 0 Å². The van der Waals surface area contributed by atoms with E-state index in [9.17, 15) is 9.59 Å². The van der Waals surface area contributed by atoms with Crippen molar-refractivity contribution >= 4 is 17.5 Å². The summed E-state index contributed by atoms with van der Waals surface area (Å²) < 4.78 is 5.96. The smallest absolute Gasteiger partial charge is 0.246 e. The van der Waals surface area contributed by atoms with Gasteiger partial charge in [-0.05, 0) is 37.5 Å². The van der Waals surface area contributed by atoms with Crippen LogP contribution in [-0.2, 0) is 20.9 Å². The number of hydrogen-bond acceptors (Lipinski definition) is 3. The Labute approximate surface area is 137 Å². The molecule has 0 radical (unpaired) electrons. The van der Waals surface area contributed by atoms with Crippen molar-refractivity contribution in [2.45, 2.75) is 64.7 Å². The van der Waals surface area contributed by atoms with Crippen LogP contribution in [0.15, 0.2) is 24.3 Å². The summed E-state index contributed by atoms with van der Waals surface area (Å²) in [6.45, 7) is 3.62. The van der Waals surface area contributed by atoms with Gasteiger partial charge in [-0.15, -0.1) is 0 Å². The fourth-order valence-electron chi connectivity index (χ4n) is 2.81. The predicted molar refractivity (Wildman–Crippen MR) is 90.0 cm³/mol. The van der Waals surface area contributed by atoms with Crippen molar-refractivity contribution in [1.82, 2.24) is 5.32 Å². The predicted octanol–water partition coefficient (Wildman–Crippen LogP) is 3.00. The second kappa shape index (κ2) is 8.67. The van der Waals surface area contributed by atoms with E-state index in [-0.39, 0.29) is 11.8 Å². The maximum atomic E-state index is 12.0. The van der Waals surface area contributed by atoms with Gasteiger partial charge in [-0.1, -0.05) is 31.4 Å². The third-order valence-electron chi connectivity index (χ3n) is 4.05. The Morgan fingerprint density at radius 3 is 2.70 bits per heavy atom. The summed E-state index contributed by atoms with van der Waals surface area (Å²) in [4.78, 5) is 23.0. The Bertz CT molecular complexity index is 539. The van der Waals surface area contributed by atoms with Crippen LogP contribution in [-0.4, -0.2) is 24.0 Å². The molecule has 5 heteroatoms. The van der Waals surface area contributed by atoms with Crippen molar-refractivity contribution in [3.8, 4) is 0 Å². The van der Waals surface area contributed by atoms with Gasteiger partial charge in [0, 0.05) is 12.6 Å². The molecule has 5 nitrogen and oxygen atoms in total. The van der Waals surface area contributed by atoms with Crippen molar-refractivity contribution in [2.75, 3.05) is 5.32 Å². The summed E-state index contributed by atoms with van der Waals surface area (Å²) >= 11 is 0. The van der Waals surface area contributed by atoms with Crippen LogP contribution in [0.2, 0.25) is 0 Å². The lowest BCUT2D eigenvalue weighted by Gasteiger charge is -2.22. The standard InChI is InChI=1S/C18H26N2O3/c1-13(19-14(2)21)18(22)20-16-8-6-7-15(11-16)12-23-17-9-4-3-5-10-17/h6-8,11,13,17H,3-5,9-10,12H2,1-2H3,(H,19,21)(H,20,22). The van der Waals surface area contributed by atoms with E-state index in [4.69, 9.17) is 4.74 Å².